The lowest BCUT2D eigenvalue weighted by atomic mass is 9.88. The van der Waals surface area contributed by atoms with Crippen molar-refractivity contribution >= 4 is 442 Å². The number of halogens is 18. The lowest BCUT2D eigenvalue weighted by molar-refractivity contribution is -0.891. The number of nitrogens with two attached hydrogens (primary N) is 4. The number of terminal acetylenes is 1. The molecule has 6 aromatic carbocycles. The second kappa shape index (κ2) is 53.2. The molecule has 0 radical (unpaired) electrons. The molecule has 0 spiro atoms. The first-order valence-corrected chi connectivity index (χ1v) is 58.2. The predicted octanol–water partition coefficient (Wildman–Crippen LogP) is 17.1. The van der Waals surface area contributed by atoms with Crippen LogP contribution in [0.15, 0.2) is 85.5 Å². The number of rotatable bonds is 15. The van der Waals surface area contributed by atoms with Crippen molar-refractivity contribution in [2.45, 2.75) is 151 Å². The van der Waals surface area contributed by atoms with Crippen molar-refractivity contribution in [3.63, 3.8) is 0 Å². The molecule has 654 valence electrons. The normalized spacial score (nSPS) is 22.1. The highest BCUT2D eigenvalue weighted by Crippen LogP contribution is 2.36. The Bertz CT molecular complexity index is 4700. The van der Waals surface area contributed by atoms with Crippen LogP contribution >= 0.6 is 407 Å². The molecule has 0 aromatic heterocycles. The van der Waals surface area contributed by atoms with Crippen LogP contribution in [-0.2, 0) is 28.4 Å². The summed E-state index contributed by atoms with van der Waals surface area (Å²) in [5, 5.41) is 8.92. The summed E-state index contributed by atoms with van der Waals surface area (Å²) < 4.78 is 53.7. The molecule has 0 saturated carbocycles. The molecule has 6 aliphatic heterocycles. The van der Waals surface area contributed by atoms with E-state index in [0.29, 0.717) is 46.2 Å². The van der Waals surface area contributed by atoms with Gasteiger partial charge in [0, 0.05) is 122 Å². The van der Waals surface area contributed by atoms with Gasteiger partial charge < -0.3 is 59.5 Å². The molecule has 0 bridgehead atoms. The third-order valence-corrected chi connectivity index (χ3v) is 43.4. The minimum Gasteiger partial charge on any atom is -0.455 e. The maximum Gasteiger partial charge on any atom is 0.340 e. The molecule has 18 nitrogen and oxygen atoms in total. The number of hydrogen-bond acceptors (Lipinski definition) is 12. The molecule has 36 heteroatoms. The highest BCUT2D eigenvalue weighted by Gasteiger charge is 2.43. The third kappa shape index (κ3) is 33.9. The van der Waals surface area contributed by atoms with E-state index in [9.17, 15) is 28.8 Å². The fraction of sp³-hybridized carbons (Fsp3) is 0.452. The summed E-state index contributed by atoms with van der Waals surface area (Å²) in [6.07, 6.45) is 20.4. The lowest BCUT2D eigenvalue weighted by Crippen LogP contribution is -3.12. The minimum atomic E-state index is -0.734. The average molecular weight is 3670 g/mol. The van der Waals surface area contributed by atoms with E-state index >= 15 is 0 Å². The molecule has 4 unspecified atom stereocenters. The quantitative estimate of drug-likeness (QED) is 0.0141. The standard InChI is InChI=1S/C15H18I3NO2.C14H16I3NO2.C14H14I3NO2.C14H12I3NO2.C14H16I3NO2.C13H14I3NO2/c1-3-15(4-6-19(2)7-5-15)21-14(20)11-8-10(16)9-12(17)13(11)18;1-14(4-3-5-18(2)8-14)20-13(19)10-6-9(15)7-11(16)12(10)17;2*1-2-14(3-5-18-6-4-14)20-13(19)10-7-9(15)8-11(16)12(10)17;1-2-14(4-3-5-18-8-14)20-13(19)10-6-9(15)7-11(16)12(10)17;1-13(3-2-4-17-7-13)19-12(18)9-5-8(14)6-10(15)11(9)16/h8-9H,3-7H2,1-2H3;6-7H,3-5,8H2,1-2H3;2,7-8,18H,1,3-6H2;1,7-8,18H,3-6H2;6-7,18H,2-5,8H2,1H3;5-6,17H,2-4,7H2,1H3/p+6. The fourth-order valence-electron chi connectivity index (χ4n) is 14.4. The monoisotopic (exact) mass is 3660 g/mol. The summed E-state index contributed by atoms with van der Waals surface area (Å²) in [7, 11) is 4.36. The van der Waals surface area contributed by atoms with Crippen molar-refractivity contribution in [3.05, 3.63) is 183 Å². The minimum absolute atomic E-state index is 0.169. The van der Waals surface area contributed by atoms with Gasteiger partial charge in [0.15, 0.2) is 22.4 Å². The second-order valence-electron chi connectivity index (χ2n) is 30.7. The number of carbonyl (C=O) groups is 6. The molecule has 0 aliphatic carbocycles. The highest BCUT2D eigenvalue weighted by molar-refractivity contribution is 14.1. The Hall–Kier alpha value is 4.34. The first-order valence-electron chi connectivity index (χ1n) is 38.8. The smallest absolute Gasteiger partial charge is 0.340 e. The Morgan fingerprint density at radius 2 is 0.692 bits per heavy atom. The van der Waals surface area contributed by atoms with Gasteiger partial charge in [0.25, 0.3) is 0 Å². The molecule has 6 saturated heterocycles. The van der Waals surface area contributed by atoms with Crippen LogP contribution in [0.4, 0.5) is 0 Å². The zero-order chi connectivity index (χ0) is 88.8. The van der Waals surface area contributed by atoms with E-state index < -0.39 is 11.2 Å². The van der Waals surface area contributed by atoms with Gasteiger partial charge in [-0.1, -0.05) is 26.3 Å². The van der Waals surface area contributed by atoms with E-state index in [1.807, 2.05) is 49.4 Å². The topological polar surface area (TPSA) is 233 Å². The first-order chi connectivity index (χ1) is 56.5. The van der Waals surface area contributed by atoms with Gasteiger partial charge >= 0.3 is 35.8 Å². The maximum absolute atomic E-state index is 12.6. The summed E-state index contributed by atoms with van der Waals surface area (Å²) in [5.74, 6) is 1.41. The summed E-state index contributed by atoms with van der Waals surface area (Å²) in [6, 6.07) is 23.8. The van der Waals surface area contributed by atoms with Gasteiger partial charge in [0.1, 0.15) is 30.8 Å². The zero-order valence-electron chi connectivity index (χ0n) is 66.7. The van der Waals surface area contributed by atoms with Crippen LogP contribution in [-0.4, -0.2) is 162 Å². The Labute approximate surface area is 952 Å². The van der Waals surface area contributed by atoms with Crippen LogP contribution in [0.3, 0.4) is 0 Å². The molecule has 0 amide bonds. The Morgan fingerprint density at radius 3 is 1.02 bits per heavy atom. The van der Waals surface area contributed by atoms with Gasteiger partial charge in [-0.3, -0.25) is 0 Å². The van der Waals surface area contributed by atoms with Gasteiger partial charge in [-0.15, -0.1) is 6.42 Å². The number of piperidine rings is 6. The molecule has 12 rings (SSSR count). The van der Waals surface area contributed by atoms with Crippen LogP contribution in [0, 0.1) is 76.6 Å². The molecule has 6 aromatic rings. The number of nitrogens with one attached hydrogen (secondary N) is 2. The average Bonchev–Trinajstić information content (AvgIpc) is 0.879. The van der Waals surface area contributed by atoms with Crippen molar-refractivity contribution in [1.82, 2.24) is 0 Å². The molecule has 6 aliphatic rings. The van der Waals surface area contributed by atoms with Gasteiger partial charge in [-0.25, -0.2) is 28.8 Å². The number of benzene rings is 6. The highest BCUT2D eigenvalue weighted by atomic mass is 127. The molecule has 6 heterocycles. The fourth-order valence-corrected chi connectivity index (χ4v) is 28.6. The van der Waals surface area contributed by atoms with E-state index in [1.54, 1.807) is 6.08 Å². The van der Waals surface area contributed by atoms with E-state index in [1.165, 1.54) is 9.80 Å². The van der Waals surface area contributed by atoms with Crippen molar-refractivity contribution in [3.8, 4) is 12.3 Å². The van der Waals surface area contributed by atoms with Crippen molar-refractivity contribution in [2.75, 3.05) is 92.6 Å². The van der Waals surface area contributed by atoms with E-state index in [2.05, 4.69) is 506 Å². The molecule has 4 atom stereocenters. The number of carbonyl (C=O) groups excluding carboxylic acids is 6. The third-order valence-electron chi connectivity index (χ3n) is 21.4. The van der Waals surface area contributed by atoms with Crippen LogP contribution < -0.4 is 31.1 Å². The van der Waals surface area contributed by atoms with Crippen LogP contribution in [0.1, 0.15) is 180 Å². The zero-order valence-corrected chi connectivity index (χ0v) is 106. The number of ether oxygens (including phenoxy) is 6. The van der Waals surface area contributed by atoms with Crippen LogP contribution in [0.25, 0.3) is 0 Å². The summed E-state index contributed by atoms with van der Waals surface area (Å²) >= 11 is 40.2. The molecular formula is C84H96I18N6O12+6. The lowest BCUT2D eigenvalue weighted by Gasteiger charge is -2.37. The van der Waals surface area contributed by atoms with Gasteiger partial charge in [0.05, 0.1) is 106 Å². The van der Waals surface area contributed by atoms with Crippen molar-refractivity contribution < 1.29 is 88.3 Å². The number of quaternary nitrogens is 6. The summed E-state index contributed by atoms with van der Waals surface area (Å²) in [4.78, 5) is 78.0. The number of esters is 6. The first kappa shape index (κ1) is 111. The summed E-state index contributed by atoms with van der Waals surface area (Å²) in [6.45, 7) is 24.1. The van der Waals surface area contributed by atoms with E-state index in [0.717, 1.165) is 220 Å². The largest absolute Gasteiger partial charge is 0.455 e. The SMILES string of the molecule is C#CC1(OC(=O)c2cc(I)cc(I)c2I)CC[NH2+]CC1.C=CC1(OC(=O)c2cc(I)cc(I)c2I)CC[NH2+]CC1.CC1(OC(=O)c2cc(I)cc(I)c2I)CCC[NH2+]C1.CCC1(OC(=O)c2cc(I)cc(I)c2I)CCC[NH2+]C1.CCC1(OC(=O)c2cc(I)cc(I)c2I)CC[NH+](C)CC1.C[NH+]1CCCC(C)(OC(=O)c2cc(I)cc(I)c2I)C1. The number of likely N-dealkylation sites (N-methyl/N-ethyl adjacent to an activating group) is 1. The molecule has 10 N–H and O–H groups in total. The van der Waals surface area contributed by atoms with Crippen molar-refractivity contribution in [1.29, 1.82) is 0 Å². The Kier molecular flexibility index (Phi) is 49.3. The van der Waals surface area contributed by atoms with Gasteiger partial charge in [-0.2, -0.15) is 0 Å². The second-order valence-corrected chi connectivity index (χ2v) is 51.6. The van der Waals surface area contributed by atoms with E-state index in [4.69, 9.17) is 34.8 Å². The van der Waals surface area contributed by atoms with E-state index in [-0.39, 0.29) is 58.2 Å². The Morgan fingerprint density at radius 1 is 0.375 bits per heavy atom. The van der Waals surface area contributed by atoms with Crippen molar-refractivity contribution in [2.24, 2.45) is 0 Å². The molecular weight excluding hydrogens is 3570 g/mol. The van der Waals surface area contributed by atoms with Gasteiger partial charge in [-0.05, 0) is 531 Å². The molecule has 6 fully saturated rings. The number of hydrogen-bond donors (Lipinski definition) is 6. The van der Waals surface area contributed by atoms with Crippen LogP contribution in [0.2, 0.25) is 0 Å². The molecule has 120 heavy (non-hydrogen) atoms. The van der Waals surface area contributed by atoms with Crippen LogP contribution in [0.5, 0.6) is 0 Å². The number of likely N-dealkylation sites (tertiary alicyclic amines) is 2. The van der Waals surface area contributed by atoms with Gasteiger partial charge in [0.2, 0.25) is 0 Å². The summed E-state index contributed by atoms with van der Waals surface area (Å²) in [5.41, 5.74) is 1.56. The predicted molar refractivity (Wildman–Crippen MR) is 623 cm³/mol. The maximum atomic E-state index is 12.6. The Balaban J connectivity index is 0.000000198.